The lowest BCUT2D eigenvalue weighted by atomic mass is 10.1. The van der Waals surface area contributed by atoms with Gasteiger partial charge in [-0.2, -0.15) is 4.68 Å². The molecule has 2 amide bonds. The van der Waals surface area contributed by atoms with Crippen molar-refractivity contribution in [3.8, 4) is 11.4 Å². The number of carbonyl (C=O) groups excluding carboxylic acids is 2. The minimum absolute atomic E-state index is 0.00795. The number of hydrogen-bond donors (Lipinski definition) is 1. The first-order valence-electron chi connectivity index (χ1n) is 9.31. The molecule has 0 saturated carbocycles. The molecule has 0 bridgehead atoms. The molecule has 0 spiro atoms. The van der Waals surface area contributed by atoms with Gasteiger partial charge in [0.05, 0.1) is 29.9 Å². The molecule has 29 heavy (non-hydrogen) atoms. The number of tetrazole rings is 1. The Hall–Kier alpha value is -2.72. The number of halogens is 1. The topological polar surface area (TPSA) is 105 Å². The largest absolute Gasteiger partial charge is 0.496 e. The zero-order valence-corrected chi connectivity index (χ0v) is 17.4. The number of amides is 2. The van der Waals surface area contributed by atoms with Gasteiger partial charge in [-0.1, -0.05) is 11.6 Å². The lowest BCUT2D eigenvalue weighted by Gasteiger charge is -2.34. The van der Waals surface area contributed by atoms with Crippen LogP contribution in [0.3, 0.4) is 0 Å². The summed E-state index contributed by atoms with van der Waals surface area (Å²) in [6.45, 7) is 6.46. The van der Waals surface area contributed by atoms with E-state index < -0.39 is 0 Å². The van der Waals surface area contributed by atoms with Crippen molar-refractivity contribution in [1.82, 2.24) is 35.3 Å². The van der Waals surface area contributed by atoms with E-state index in [0.717, 1.165) is 0 Å². The normalized spacial score (nSPS) is 14.9. The third-order valence-electron chi connectivity index (χ3n) is 4.57. The zero-order chi connectivity index (χ0) is 21.0. The summed E-state index contributed by atoms with van der Waals surface area (Å²) in [4.78, 5) is 28.7. The number of rotatable bonds is 6. The minimum atomic E-state index is -0.168. The monoisotopic (exact) mass is 421 g/mol. The van der Waals surface area contributed by atoms with Crippen molar-refractivity contribution in [2.24, 2.45) is 0 Å². The van der Waals surface area contributed by atoms with Crippen LogP contribution >= 0.6 is 11.6 Å². The summed E-state index contributed by atoms with van der Waals surface area (Å²) in [7, 11) is 1.49. The molecule has 1 aliphatic rings. The molecule has 1 N–H and O–H groups in total. The van der Waals surface area contributed by atoms with Gasteiger partial charge in [-0.25, -0.2) is 0 Å². The lowest BCUT2D eigenvalue weighted by molar-refractivity contribution is -0.123. The van der Waals surface area contributed by atoms with Crippen LogP contribution in [0.15, 0.2) is 18.5 Å². The van der Waals surface area contributed by atoms with Gasteiger partial charge in [-0.15, -0.1) is 5.10 Å². The molecule has 156 valence electrons. The molecule has 2 heterocycles. The van der Waals surface area contributed by atoms with Gasteiger partial charge in [0.15, 0.2) is 0 Å². The molecule has 0 radical (unpaired) electrons. The molecule has 0 aliphatic carbocycles. The average molecular weight is 422 g/mol. The summed E-state index contributed by atoms with van der Waals surface area (Å²) in [6.07, 6.45) is 1.41. The molecule has 1 fully saturated rings. The maximum Gasteiger partial charge on any atom is 0.257 e. The summed E-state index contributed by atoms with van der Waals surface area (Å²) < 4.78 is 6.81. The Balaban J connectivity index is 1.68. The summed E-state index contributed by atoms with van der Waals surface area (Å²) >= 11 is 6.36. The highest BCUT2D eigenvalue weighted by Crippen LogP contribution is 2.30. The van der Waals surface area contributed by atoms with Crippen LogP contribution in [0.4, 0.5) is 0 Å². The van der Waals surface area contributed by atoms with E-state index in [2.05, 4.69) is 20.8 Å². The van der Waals surface area contributed by atoms with Crippen LogP contribution in [0, 0.1) is 0 Å². The first kappa shape index (κ1) is 21.0. The number of ether oxygens (including phenoxy) is 1. The van der Waals surface area contributed by atoms with E-state index in [4.69, 9.17) is 16.3 Å². The average Bonchev–Trinajstić information content (AvgIpc) is 3.21. The highest BCUT2D eigenvalue weighted by molar-refractivity contribution is 6.33. The van der Waals surface area contributed by atoms with Gasteiger partial charge in [0.2, 0.25) is 5.91 Å². The fourth-order valence-electron chi connectivity index (χ4n) is 3.18. The zero-order valence-electron chi connectivity index (χ0n) is 16.6. The third-order valence-corrected chi connectivity index (χ3v) is 4.87. The van der Waals surface area contributed by atoms with E-state index in [9.17, 15) is 9.59 Å². The molecule has 2 aromatic rings. The summed E-state index contributed by atoms with van der Waals surface area (Å²) in [5, 5.41) is 14.2. The van der Waals surface area contributed by atoms with E-state index >= 15 is 0 Å². The summed E-state index contributed by atoms with van der Waals surface area (Å²) in [5.74, 6) is 0.216. The molecule has 11 heteroatoms. The van der Waals surface area contributed by atoms with Crippen LogP contribution in [0.2, 0.25) is 5.02 Å². The number of aromatic nitrogens is 4. The van der Waals surface area contributed by atoms with E-state index in [1.807, 2.05) is 18.7 Å². The highest BCUT2D eigenvalue weighted by Gasteiger charge is 2.26. The molecule has 10 nitrogen and oxygen atoms in total. The van der Waals surface area contributed by atoms with Gasteiger partial charge in [0.1, 0.15) is 12.1 Å². The molecule has 1 aromatic carbocycles. The van der Waals surface area contributed by atoms with E-state index in [0.29, 0.717) is 54.7 Å². The summed E-state index contributed by atoms with van der Waals surface area (Å²) in [5.41, 5.74) is 0.895. The van der Waals surface area contributed by atoms with Crippen LogP contribution in [-0.4, -0.2) is 87.7 Å². The SMILES string of the molecule is COc1cc(-n2cnnn2)c(Cl)cc1C(=O)N1CCN(CC(=O)NC(C)C)CC1. The first-order valence-corrected chi connectivity index (χ1v) is 9.68. The van der Waals surface area contributed by atoms with Crippen molar-refractivity contribution in [2.45, 2.75) is 19.9 Å². The molecular weight excluding hydrogens is 398 g/mol. The number of piperazine rings is 1. The fraction of sp³-hybridized carbons (Fsp3) is 0.500. The predicted octanol–water partition coefficient (Wildman–Crippen LogP) is 0.607. The molecule has 0 unspecified atom stereocenters. The van der Waals surface area contributed by atoms with Gasteiger partial charge in [-0.05, 0) is 30.3 Å². The van der Waals surface area contributed by atoms with Crippen molar-refractivity contribution >= 4 is 23.4 Å². The van der Waals surface area contributed by atoms with E-state index in [1.165, 1.54) is 18.1 Å². The number of nitrogens with one attached hydrogen (secondary N) is 1. The van der Waals surface area contributed by atoms with Crippen LogP contribution in [0.5, 0.6) is 5.75 Å². The van der Waals surface area contributed by atoms with E-state index in [1.54, 1.807) is 17.0 Å². The molecule has 1 aliphatic heterocycles. The highest BCUT2D eigenvalue weighted by atomic mass is 35.5. The van der Waals surface area contributed by atoms with Gasteiger partial charge in [-0.3, -0.25) is 14.5 Å². The van der Waals surface area contributed by atoms with Gasteiger partial charge in [0.25, 0.3) is 5.91 Å². The van der Waals surface area contributed by atoms with Crippen molar-refractivity contribution < 1.29 is 14.3 Å². The number of nitrogens with zero attached hydrogens (tertiary/aromatic N) is 6. The number of methoxy groups -OCH3 is 1. The molecule has 1 saturated heterocycles. The Labute approximate surface area is 173 Å². The second-order valence-electron chi connectivity index (χ2n) is 7.05. The maximum atomic E-state index is 13.0. The third kappa shape index (κ3) is 5.01. The van der Waals surface area contributed by atoms with Gasteiger partial charge < -0.3 is 15.0 Å². The standard InChI is InChI=1S/C18H24ClN7O3/c1-12(2)21-17(27)10-24-4-6-25(7-5-24)18(28)13-8-14(19)15(9-16(13)29-3)26-11-20-22-23-26/h8-9,11-12H,4-7,10H2,1-3H3,(H,21,27). The van der Waals surface area contributed by atoms with E-state index in [-0.39, 0.29) is 17.9 Å². The van der Waals surface area contributed by atoms with Crippen molar-refractivity contribution in [3.63, 3.8) is 0 Å². The van der Waals surface area contributed by atoms with Gasteiger partial charge in [0, 0.05) is 38.3 Å². The van der Waals surface area contributed by atoms with Crippen LogP contribution < -0.4 is 10.1 Å². The Kier molecular flexibility index (Phi) is 6.65. The Morgan fingerprint density at radius 2 is 1.97 bits per heavy atom. The minimum Gasteiger partial charge on any atom is -0.496 e. The molecule has 1 aromatic heterocycles. The van der Waals surface area contributed by atoms with Crippen molar-refractivity contribution in [3.05, 3.63) is 29.0 Å². The Morgan fingerprint density at radius 3 is 2.55 bits per heavy atom. The number of hydrogen-bond acceptors (Lipinski definition) is 7. The number of benzene rings is 1. The van der Waals surface area contributed by atoms with Crippen LogP contribution in [-0.2, 0) is 4.79 Å². The summed E-state index contributed by atoms with van der Waals surface area (Å²) in [6, 6.07) is 3.32. The molecule has 3 rings (SSSR count). The van der Waals surface area contributed by atoms with Gasteiger partial charge >= 0.3 is 0 Å². The lowest BCUT2D eigenvalue weighted by Crippen LogP contribution is -2.51. The first-order chi connectivity index (χ1) is 13.9. The van der Waals surface area contributed by atoms with Crippen molar-refractivity contribution in [1.29, 1.82) is 0 Å². The van der Waals surface area contributed by atoms with Crippen molar-refractivity contribution in [2.75, 3.05) is 39.8 Å². The molecule has 0 atom stereocenters. The smallest absolute Gasteiger partial charge is 0.257 e. The Morgan fingerprint density at radius 1 is 1.24 bits per heavy atom. The number of carbonyl (C=O) groups is 2. The van der Waals surface area contributed by atoms with Crippen LogP contribution in [0.25, 0.3) is 5.69 Å². The fourth-order valence-corrected chi connectivity index (χ4v) is 3.43. The quantitative estimate of drug-likeness (QED) is 0.728. The second-order valence-corrected chi connectivity index (χ2v) is 7.46. The predicted molar refractivity (Wildman–Crippen MR) is 106 cm³/mol. The molecular formula is C18H24ClN7O3. The maximum absolute atomic E-state index is 13.0. The van der Waals surface area contributed by atoms with Crippen LogP contribution in [0.1, 0.15) is 24.2 Å². The Bertz CT molecular complexity index is 865. The second kappa shape index (κ2) is 9.19.